The summed E-state index contributed by atoms with van der Waals surface area (Å²) in [6, 6.07) is 7.96. The zero-order valence-electron chi connectivity index (χ0n) is 14.3. The van der Waals surface area contributed by atoms with Crippen LogP contribution in [0.1, 0.15) is 24.0 Å². The molecular weight excluding hydrogens is 320 g/mol. The number of benzene rings is 1. The molecule has 2 aliphatic rings. The van der Waals surface area contributed by atoms with Gasteiger partial charge >= 0.3 is 0 Å². The Labute approximate surface area is 146 Å². The molecular formula is C18H22N4O3. The highest BCUT2D eigenvalue weighted by Gasteiger charge is 2.28. The van der Waals surface area contributed by atoms with E-state index in [0.717, 1.165) is 5.56 Å². The van der Waals surface area contributed by atoms with Crippen LogP contribution in [0.4, 0.5) is 0 Å². The van der Waals surface area contributed by atoms with Crippen LogP contribution >= 0.6 is 0 Å². The van der Waals surface area contributed by atoms with Gasteiger partial charge in [-0.3, -0.25) is 14.4 Å². The third kappa shape index (κ3) is 4.23. The Morgan fingerprint density at radius 3 is 2.28 bits per heavy atom. The molecule has 3 rings (SSSR count). The van der Waals surface area contributed by atoms with Crippen molar-refractivity contribution in [3.05, 3.63) is 35.4 Å². The third-order valence-corrected chi connectivity index (χ3v) is 4.55. The number of piperazine rings is 1. The first kappa shape index (κ1) is 17.1. The highest BCUT2D eigenvalue weighted by Crippen LogP contribution is 2.10. The van der Waals surface area contributed by atoms with E-state index < -0.39 is 0 Å². The van der Waals surface area contributed by atoms with Gasteiger partial charge in [-0.05, 0) is 12.5 Å². The van der Waals surface area contributed by atoms with Crippen molar-refractivity contribution in [2.45, 2.75) is 26.2 Å². The van der Waals surface area contributed by atoms with E-state index in [1.165, 1.54) is 5.56 Å². The van der Waals surface area contributed by atoms with E-state index in [4.69, 9.17) is 0 Å². The van der Waals surface area contributed by atoms with E-state index in [9.17, 15) is 14.4 Å². The minimum atomic E-state index is -0.164. The molecule has 2 heterocycles. The molecule has 0 bridgehead atoms. The van der Waals surface area contributed by atoms with Gasteiger partial charge in [0.25, 0.3) is 5.91 Å². The lowest BCUT2D eigenvalue weighted by molar-refractivity contribution is -0.136. The van der Waals surface area contributed by atoms with Crippen LogP contribution in [0.2, 0.25) is 0 Å². The summed E-state index contributed by atoms with van der Waals surface area (Å²) in [6.07, 6.45) is 1.05. The van der Waals surface area contributed by atoms with Crippen LogP contribution in [-0.2, 0) is 20.8 Å². The van der Waals surface area contributed by atoms with Crippen LogP contribution in [-0.4, -0.2) is 59.4 Å². The predicted octanol–water partition coefficient (Wildman–Crippen LogP) is 0.474. The van der Waals surface area contributed by atoms with Crippen molar-refractivity contribution in [3.8, 4) is 0 Å². The Bertz CT molecular complexity index is 704. The Kier molecular flexibility index (Phi) is 5.11. The number of hydrogen-bond donors (Lipinski definition) is 1. The van der Waals surface area contributed by atoms with Crippen LogP contribution in [0.3, 0.4) is 0 Å². The summed E-state index contributed by atoms with van der Waals surface area (Å²) in [5.74, 6) is -0.230. The first-order valence-corrected chi connectivity index (χ1v) is 8.51. The number of hydrogen-bond acceptors (Lipinski definition) is 4. The monoisotopic (exact) mass is 342 g/mol. The van der Waals surface area contributed by atoms with Gasteiger partial charge in [0.05, 0.1) is 6.42 Å². The van der Waals surface area contributed by atoms with Gasteiger partial charge in [0.15, 0.2) is 0 Å². The maximum Gasteiger partial charge on any atom is 0.270 e. The Morgan fingerprint density at radius 1 is 1.04 bits per heavy atom. The quantitative estimate of drug-likeness (QED) is 0.867. The van der Waals surface area contributed by atoms with E-state index in [2.05, 4.69) is 10.5 Å². The van der Waals surface area contributed by atoms with Crippen molar-refractivity contribution >= 4 is 23.4 Å². The van der Waals surface area contributed by atoms with Gasteiger partial charge in [-0.2, -0.15) is 5.10 Å². The van der Waals surface area contributed by atoms with E-state index in [1.54, 1.807) is 9.80 Å². The average Bonchev–Trinajstić information content (AvgIpc) is 2.64. The minimum absolute atomic E-state index is 0.0817. The van der Waals surface area contributed by atoms with Crippen LogP contribution in [0.15, 0.2) is 29.4 Å². The fourth-order valence-electron chi connectivity index (χ4n) is 2.96. The molecule has 1 aromatic rings. The average molecular weight is 342 g/mol. The topological polar surface area (TPSA) is 82.1 Å². The number of carbonyl (C=O) groups is 3. The molecule has 0 spiro atoms. The number of amides is 3. The van der Waals surface area contributed by atoms with Gasteiger partial charge in [-0.1, -0.05) is 29.8 Å². The first-order valence-electron chi connectivity index (χ1n) is 8.51. The van der Waals surface area contributed by atoms with Gasteiger partial charge in [-0.15, -0.1) is 0 Å². The SMILES string of the molecule is Cc1ccc(CC(=O)N2CCN(C(=O)C3=NNC(=O)CC3)CC2)cc1. The molecule has 1 N–H and O–H groups in total. The molecule has 7 nitrogen and oxygen atoms in total. The summed E-state index contributed by atoms with van der Waals surface area (Å²) in [5.41, 5.74) is 4.91. The van der Waals surface area contributed by atoms with Crippen molar-refractivity contribution in [3.63, 3.8) is 0 Å². The summed E-state index contributed by atoms with van der Waals surface area (Å²) in [5, 5.41) is 3.85. The normalized spacial score (nSPS) is 17.8. The zero-order chi connectivity index (χ0) is 17.8. The summed E-state index contributed by atoms with van der Waals surface area (Å²) >= 11 is 0. The van der Waals surface area contributed by atoms with Gasteiger partial charge in [0, 0.05) is 39.0 Å². The lowest BCUT2D eigenvalue weighted by atomic mass is 10.1. The molecule has 0 aromatic heterocycles. The molecule has 2 aliphatic heterocycles. The third-order valence-electron chi connectivity index (χ3n) is 4.55. The van der Waals surface area contributed by atoms with Crippen LogP contribution in [0.5, 0.6) is 0 Å². The second-order valence-electron chi connectivity index (χ2n) is 6.43. The fraction of sp³-hybridized carbons (Fsp3) is 0.444. The molecule has 7 heteroatoms. The van der Waals surface area contributed by atoms with Crippen molar-refractivity contribution in [2.75, 3.05) is 26.2 Å². The second kappa shape index (κ2) is 7.46. The van der Waals surface area contributed by atoms with Crippen LogP contribution in [0, 0.1) is 6.92 Å². The molecule has 0 aliphatic carbocycles. The molecule has 3 amide bonds. The summed E-state index contributed by atoms with van der Waals surface area (Å²) in [7, 11) is 0. The largest absolute Gasteiger partial charge is 0.339 e. The molecule has 0 unspecified atom stereocenters. The van der Waals surface area contributed by atoms with Gasteiger partial charge in [0.2, 0.25) is 11.8 Å². The Balaban J connectivity index is 1.51. The number of nitrogens with one attached hydrogen (secondary N) is 1. The molecule has 25 heavy (non-hydrogen) atoms. The molecule has 1 fully saturated rings. The summed E-state index contributed by atoms with van der Waals surface area (Å²) in [4.78, 5) is 39.4. The number of aryl methyl sites for hydroxylation is 1. The smallest absolute Gasteiger partial charge is 0.270 e. The van der Waals surface area contributed by atoms with Crippen molar-refractivity contribution in [2.24, 2.45) is 5.10 Å². The van der Waals surface area contributed by atoms with E-state index >= 15 is 0 Å². The Hall–Kier alpha value is -2.70. The van der Waals surface area contributed by atoms with Crippen molar-refractivity contribution in [1.29, 1.82) is 0 Å². The van der Waals surface area contributed by atoms with Gasteiger partial charge < -0.3 is 9.80 Å². The van der Waals surface area contributed by atoms with Gasteiger partial charge in [-0.25, -0.2) is 5.43 Å². The maximum atomic E-state index is 12.4. The second-order valence-corrected chi connectivity index (χ2v) is 6.43. The molecule has 0 atom stereocenters. The number of nitrogens with zero attached hydrogens (tertiary/aromatic N) is 3. The standard InChI is InChI=1S/C18H22N4O3/c1-13-2-4-14(5-3-13)12-17(24)21-8-10-22(11-9-21)18(25)15-6-7-16(23)20-19-15/h2-5H,6-12H2,1H3,(H,20,23). The molecule has 1 aromatic carbocycles. The first-order chi connectivity index (χ1) is 12.0. The van der Waals surface area contributed by atoms with Gasteiger partial charge in [0.1, 0.15) is 5.71 Å². The maximum absolute atomic E-state index is 12.4. The van der Waals surface area contributed by atoms with Crippen LogP contribution < -0.4 is 5.43 Å². The highest BCUT2D eigenvalue weighted by molar-refractivity contribution is 6.39. The molecule has 132 valence electrons. The number of rotatable bonds is 3. The van der Waals surface area contributed by atoms with Crippen molar-refractivity contribution in [1.82, 2.24) is 15.2 Å². The summed E-state index contributed by atoms with van der Waals surface area (Å²) in [6.45, 7) is 4.05. The zero-order valence-corrected chi connectivity index (χ0v) is 14.3. The van der Waals surface area contributed by atoms with Crippen LogP contribution in [0.25, 0.3) is 0 Å². The predicted molar refractivity (Wildman–Crippen MR) is 92.9 cm³/mol. The van der Waals surface area contributed by atoms with Crippen molar-refractivity contribution < 1.29 is 14.4 Å². The molecule has 1 saturated heterocycles. The number of carbonyl (C=O) groups excluding carboxylic acids is 3. The Morgan fingerprint density at radius 2 is 1.68 bits per heavy atom. The number of hydrazone groups is 1. The minimum Gasteiger partial charge on any atom is -0.339 e. The van der Waals surface area contributed by atoms with E-state index in [0.29, 0.717) is 51.2 Å². The summed E-state index contributed by atoms with van der Waals surface area (Å²) < 4.78 is 0. The lowest BCUT2D eigenvalue weighted by Crippen LogP contribution is -2.53. The molecule has 0 radical (unpaired) electrons. The van der Waals surface area contributed by atoms with E-state index in [-0.39, 0.29) is 17.7 Å². The molecule has 0 saturated carbocycles. The van der Waals surface area contributed by atoms with E-state index in [1.807, 2.05) is 31.2 Å². The highest BCUT2D eigenvalue weighted by atomic mass is 16.2. The lowest BCUT2D eigenvalue weighted by Gasteiger charge is -2.35. The fourth-order valence-corrected chi connectivity index (χ4v) is 2.96.